The number of thiocarbonyl (C=S) groups is 1. The van der Waals surface area contributed by atoms with Gasteiger partial charge in [0, 0.05) is 36.5 Å². The highest BCUT2D eigenvalue weighted by molar-refractivity contribution is 7.80. The van der Waals surface area contributed by atoms with Crippen molar-refractivity contribution in [2.45, 2.75) is 109 Å². The summed E-state index contributed by atoms with van der Waals surface area (Å²) in [6.07, 6.45) is 1.68. The van der Waals surface area contributed by atoms with Crippen molar-refractivity contribution < 1.29 is 46.9 Å². The van der Waals surface area contributed by atoms with E-state index in [9.17, 15) is 37.9 Å². The molecule has 2 fully saturated rings. The Balaban J connectivity index is 0.787. The summed E-state index contributed by atoms with van der Waals surface area (Å²) >= 11 is 7.26. The fraction of sp³-hybridized carbons (Fsp3) is 0.382. The summed E-state index contributed by atoms with van der Waals surface area (Å²) in [4.78, 5) is 54.8. The molecule has 392 valence electrons. The molecule has 6 aromatic rings. The molecular formula is C55H57F3N8O7S2. The van der Waals surface area contributed by atoms with Crippen LogP contribution in [0.5, 0.6) is 23.0 Å². The minimum absolute atomic E-state index is 0.00701. The molecule has 0 bridgehead atoms. The quantitative estimate of drug-likeness (QED) is 0.0577. The number of thiazole rings is 1. The predicted octanol–water partition coefficient (Wildman–Crippen LogP) is 10.3. The van der Waals surface area contributed by atoms with Gasteiger partial charge in [-0.05, 0) is 113 Å². The standard InChI is InChI=1S/C55H57F3N8O7S2/c1-32(2)48(52(70)64-29-39(67)24-46(64)51(69)63-33(3)45-20-15-37(27-60-45)49-34(4)61-31-75-49)65-30-43(28-62-65)73-42-12-10-11-41(25-42)72-22-9-7-8-21-71-40-18-16-38(17-19-40)66-53(74)47(50(68)54(66,5)6)35-13-14-36(26-59)44(23-35)55(56,57)58/h10-20,23,25,27-28,30-33,39,46-48,67H,7-9,21-22,24,29H2,1-6H3,(H,63,69)/t33-,39+,46-,47?,48-/m0/s1. The van der Waals surface area contributed by atoms with Crippen LogP contribution in [0.15, 0.2) is 103 Å². The summed E-state index contributed by atoms with van der Waals surface area (Å²) in [5, 5.41) is 27.4. The maximum absolute atomic E-state index is 14.3. The van der Waals surface area contributed by atoms with Crippen molar-refractivity contribution in [1.29, 1.82) is 5.26 Å². The van der Waals surface area contributed by atoms with Crippen LogP contribution >= 0.6 is 23.6 Å². The van der Waals surface area contributed by atoms with Gasteiger partial charge in [0.15, 0.2) is 11.5 Å². The van der Waals surface area contributed by atoms with Crippen molar-refractivity contribution in [1.82, 2.24) is 30.0 Å². The number of ketones is 1. The zero-order valence-electron chi connectivity index (χ0n) is 42.2. The van der Waals surface area contributed by atoms with E-state index in [4.69, 9.17) is 26.4 Å². The average Bonchev–Trinajstić information content (AvgIpc) is 4.17. The minimum atomic E-state index is -4.77. The molecule has 2 saturated heterocycles. The number of nitrogens with one attached hydrogen (secondary N) is 1. The summed E-state index contributed by atoms with van der Waals surface area (Å²) in [6.45, 7) is 11.8. The monoisotopic (exact) mass is 1060 g/mol. The SMILES string of the molecule is Cc1ncsc1-c1ccc([C@H](C)NC(=O)[C@@H]2C[C@@H](O)CN2C(=O)[C@H](C(C)C)n2cc(Oc3cccc(OCCCCCOc4ccc(N5C(=S)C(c6ccc(C#N)c(C(F)(F)F)c6)C(=O)C5(C)C)cc4)c3)cn2)nc1. The first-order valence-electron chi connectivity index (χ1n) is 24.6. The number of unbranched alkanes of at least 4 members (excludes halogenated alkanes) is 2. The Hall–Kier alpha value is -7.21. The van der Waals surface area contributed by atoms with Crippen LogP contribution in [0.1, 0.15) is 106 Å². The second-order valence-electron chi connectivity index (χ2n) is 19.5. The van der Waals surface area contributed by atoms with Crippen molar-refractivity contribution in [3.63, 3.8) is 0 Å². The van der Waals surface area contributed by atoms with Gasteiger partial charge >= 0.3 is 6.18 Å². The third-order valence-electron chi connectivity index (χ3n) is 13.4. The second-order valence-corrected chi connectivity index (χ2v) is 20.8. The third-order valence-corrected chi connectivity index (χ3v) is 14.8. The van der Waals surface area contributed by atoms with Crippen LogP contribution < -0.4 is 24.4 Å². The van der Waals surface area contributed by atoms with Crippen LogP contribution in [0, 0.1) is 24.2 Å². The van der Waals surface area contributed by atoms with E-state index in [1.54, 1.807) is 79.1 Å². The van der Waals surface area contributed by atoms with Gasteiger partial charge in [-0.15, -0.1) is 11.3 Å². The molecule has 5 atom stereocenters. The number of carbonyl (C=O) groups excluding carboxylic acids is 3. The zero-order chi connectivity index (χ0) is 53.8. The van der Waals surface area contributed by atoms with E-state index >= 15 is 0 Å². The fourth-order valence-electron chi connectivity index (χ4n) is 9.48. The Labute approximate surface area is 442 Å². The molecular weight excluding hydrogens is 1010 g/mol. The highest BCUT2D eigenvalue weighted by Gasteiger charge is 2.52. The Morgan fingerprint density at radius 2 is 1.67 bits per heavy atom. The average molecular weight is 1060 g/mol. The number of Topliss-reactive ketones (excluding diaryl/α,β-unsaturated/α-hetero) is 1. The normalized spacial score (nSPS) is 18.2. The molecule has 3 aromatic carbocycles. The Morgan fingerprint density at radius 1 is 0.947 bits per heavy atom. The summed E-state index contributed by atoms with van der Waals surface area (Å²) in [6, 6.07) is 20.7. The van der Waals surface area contributed by atoms with Gasteiger partial charge in [-0.2, -0.15) is 23.5 Å². The van der Waals surface area contributed by atoms with Crippen LogP contribution in [0.25, 0.3) is 10.4 Å². The number of benzene rings is 3. The number of hydrogen-bond donors (Lipinski definition) is 2. The van der Waals surface area contributed by atoms with E-state index in [0.29, 0.717) is 47.6 Å². The first-order valence-corrected chi connectivity index (χ1v) is 25.9. The van der Waals surface area contributed by atoms with E-state index in [0.717, 1.165) is 47.5 Å². The van der Waals surface area contributed by atoms with Crippen molar-refractivity contribution >= 4 is 51.8 Å². The number of aliphatic hydroxyl groups excluding tert-OH is 1. The topological polar surface area (TPSA) is 185 Å². The van der Waals surface area contributed by atoms with Crippen molar-refractivity contribution in [3.05, 3.63) is 131 Å². The lowest BCUT2D eigenvalue weighted by Crippen LogP contribution is -2.49. The van der Waals surface area contributed by atoms with Crippen LogP contribution in [-0.2, 0) is 20.6 Å². The lowest BCUT2D eigenvalue weighted by molar-refractivity contribution is -0.142. The first-order chi connectivity index (χ1) is 35.7. The molecule has 0 spiro atoms. The fourth-order valence-corrected chi connectivity index (χ4v) is 10.8. The highest BCUT2D eigenvalue weighted by atomic mass is 32.1. The molecule has 75 heavy (non-hydrogen) atoms. The molecule has 2 aliphatic heterocycles. The number of alkyl halides is 3. The molecule has 15 nitrogen and oxygen atoms in total. The molecule has 1 unspecified atom stereocenters. The smallest absolute Gasteiger partial charge is 0.417 e. The number of amides is 2. The third kappa shape index (κ3) is 12.0. The lowest BCUT2D eigenvalue weighted by Gasteiger charge is -2.31. The van der Waals surface area contributed by atoms with Gasteiger partial charge in [-0.1, -0.05) is 44.3 Å². The Bertz CT molecular complexity index is 3080. The first kappa shape index (κ1) is 54.1. The maximum Gasteiger partial charge on any atom is 0.417 e. The van der Waals surface area contributed by atoms with Crippen LogP contribution in [0.3, 0.4) is 0 Å². The lowest BCUT2D eigenvalue weighted by atomic mass is 9.88. The molecule has 0 saturated carbocycles. The van der Waals surface area contributed by atoms with Crippen molar-refractivity contribution in [3.8, 4) is 39.5 Å². The molecule has 2 N–H and O–H groups in total. The number of nitrogens with zero attached hydrogens (tertiary/aromatic N) is 7. The number of β-amino-alcohol motifs (C(OH)–C–C–N with tert-alkyl or cyclic N) is 1. The van der Waals surface area contributed by atoms with Crippen molar-refractivity contribution in [2.75, 3.05) is 24.7 Å². The van der Waals surface area contributed by atoms with Gasteiger partial charge in [0.2, 0.25) is 11.8 Å². The highest BCUT2D eigenvalue weighted by Crippen LogP contribution is 2.43. The zero-order valence-corrected chi connectivity index (χ0v) is 43.8. The van der Waals surface area contributed by atoms with Crippen LogP contribution in [0.2, 0.25) is 0 Å². The number of hydrogen-bond acceptors (Lipinski definition) is 13. The summed E-state index contributed by atoms with van der Waals surface area (Å²) in [5.74, 6) is -0.293. The maximum atomic E-state index is 14.3. The van der Waals surface area contributed by atoms with Crippen LogP contribution in [-0.4, -0.2) is 89.8 Å². The second kappa shape index (κ2) is 22.7. The van der Waals surface area contributed by atoms with Gasteiger partial charge in [-0.3, -0.25) is 24.0 Å². The number of aliphatic hydroxyl groups is 1. The van der Waals surface area contributed by atoms with Gasteiger partial charge in [0.25, 0.3) is 0 Å². The molecule has 20 heteroatoms. The van der Waals surface area contributed by atoms with E-state index in [-0.39, 0.29) is 47.0 Å². The van der Waals surface area contributed by atoms with Gasteiger partial charge in [-0.25, -0.2) is 4.98 Å². The number of rotatable bonds is 19. The van der Waals surface area contributed by atoms with Crippen molar-refractivity contribution in [2.24, 2.45) is 5.92 Å². The van der Waals surface area contributed by atoms with E-state index in [2.05, 4.69) is 20.4 Å². The van der Waals surface area contributed by atoms with Crippen LogP contribution in [0.4, 0.5) is 18.9 Å². The predicted molar refractivity (Wildman–Crippen MR) is 280 cm³/mol. The molecule has 5 heterocycles. The molecule has 8 rings (SSSR count). The van der Waals surface area contributed by atoms with Gasteiger partial charge in [0.1, 0.15) is 29.3 Å². The molecule has 3 aromatic heterocycles. The van der Waals surface area contributed by atoms with E-state index in [1.165, 1.54) is 33.2 Å². The molecule has 2 amide bonds. The number of anilines is 1. The van der Waals surface area contributed by atoms with Gasteiger partial charge < -0.3 is 34.4 Å². The van der Waals surface area contributed by atoms with E-state index in [1.807, 2.05) is 52.0 Å². The summed E-state index contributed by atoms with van der Waals surface area (Å²) in [5.41, 5.74) is 2.20. The number of likely N-dealkylation sites (tertiary alicyclic amines) is 1. The Kier molecular flexibility index (Phi) is 16.4. The summed E-state index contributed by atoms with van der Waals surface area (Å²) in [7, 11) is 0. The number of halogens is 3. The molecule has 0 aliphatic carbocycles. The molecule has 2 aliphatic rings. The van der Waals surface area contributed by atoms with Gasteiger partial charge in [0.05, 0.1) is 93.2 Å². The Morgan fingerprint density at radius 3 is 2.32 bits per heavy atom. The molecule has 0 radical (unpaired) electrons. The van der Waals surface area contributed by atoms with E-state index < -0.39 is 53.0 Å². The summed E-state index contributed by atoms with van der Waals surface area (Å²) < 4.78 is 61.0. The number of aryl methyl sites for hydroxylation is 1. The number of aromatic nitrogens is 4. The number of pyridine rings is 1. The number of carbonyl (C=O) groups is 3. The number of ether oxygens (including phenoxy) is 3. The largest absolute Gasteiger partial charge is 0.494 e. The minimum Gasteiger partial charge on any atom is -0.494 e. The number of nitriles is 1.